The van der Waals surface area contributed by atoms with Gasteiger partial charge in [0.2, 0.25) is 10.0 Å². The van der Waals surface area contributed by atoms with Gasteiger partial charge in [-0.15, -0.1) is 0 Å². The highest BCUT2D eigenvalue weighted by Crippen LogP contribution is 2.37. The molecule has 9 nitrogen and oxygen atoms in total. The van der Waals surface area contributed by atoms with Crippen molar-refractivity contribution in [3.8, 4) is 11.3 Å². The van der Waals surface area contributed by atoms with E-state index < -0.39 is 15.9 Å². The molecule has 1 aliphatic rings. The van der Waals surface area contributed by atoms with Gasteiger partial charge in [-0.3, -0.25) is 14.9 Å². The molecule has 10 heteroatoms. The van der Waals surface area contributed by atoms with E-state index in [1.807, 2.05) is 24.4 Å². The number of aromatic nitrogens is 4. The summed E-state index contributed by atoms with van der Waals surface area (Å²) in [7, 11) is -3.63. The van der Waals surface area contributed by atoms with Crippen molar-refractivity contribution >= 4 is 37.7 Å². The van der Waals surface area contributed by atoms with Gasteiger partial charge in [0.15, 0.2) is 0 Å². The Labute approximate surface area is 184 Å². The molecule has 1 aliphatic carbocycles. The molecule has 4 aromatic rings. The van der Waals surface area contributed by atoms with Crippen LogP contribution in [0.2, 0.25) is 0 Å². The number of rotatable bonds is 5. The number of carbonyl (C=O) groups is 1. The number of H-pyrrole nitrogens is 1. The first-order valence-corrected chi connectivity index (χ1v) is 12.1. The summed E-state index contributed by atoms with van der Waals surface area (Å²) in [6.07, 6.45) is 7.68. The van der Waals surface area contributed by atoms with Gasteiger partial charge < -0.3 is 5.32 Å². The molecule has 1 aromatic carbocycles. The Balaban J connectivity index is 1.51. The van der Waals surface area contributed by atoms with E-state index in [0.29, 0.717) is 0 Å². The van der Waals surface area contributed by atoms with E-state index in [9.17, 15) is 13.2 Å². The average molecular weight is 451 g/mol. The molecule has 0 fully saturated rings. The first-order valence-electron chi connectivity index (χ1n) is 10.4. The highest BCUT2D eigenvalue weighted by Gasteiger charge is 2.21. The number of hydrogen-bond donors (Lipinski definition) is 3. The number of aromatic amines is 1. The molecule has 0 saturated carbocycles. The van der Waals surface area contributed by atoms with E-state index in [1.165, 1.54) is 11.1 Å². The van der Waals surface area contributed by atoms with E-state index in [0.717, 1.165) is 58.7 Å². The minimum absolute atomic E-state index is 0.0662. The van der Waals surface area contributed by atoms with Crippen LogP contribution in [0.25, 0.3) is 33.1 Å². The van der Waals surface area contributed by atoms with Gasteiger partial charge in [0.05, 0.1) is 28.7 Å². The van der Waals surface area contributed by atoms with E-state index in [2.05, 4.69) is 20.5 Å². The predicted octanol–water partition coefficient (Wildman–Crippen LogP) is 2.07. The van der Waals surface area contributed by atoms with Crippen molar-refractivity contribution in [3.63, 3.8) is 0 Å². The van der Waals surface area contributed by atoms with E-state index in [1.54, 1.807) is 12.3 Å². The number of benzene rings is 1. The summed E-state index contributed by atoms with van der Waals surface area (Å²) in [6, 6.07) is 7.46. The second-order valence-corrected chi connectivity index (χ2v) is 9.70. The lowest BCUT2D eigenvalue weighted by Gasteiger charge is -2.21. The highest BCUT2D eigenvalue weighted by molar-refractivity contribution is 7.89. The fourth-order valence-corrected chi connectivity index (χ4v) is 4.74. The van der Waals surface area contributed by atoms with Crippen molar-refractivity contribution in [2.75, 3.05) is 12.3 Å². The summed E-state index contributed by atoms with van der Waals surface area (Å²) in [5, 5.41) is 17.0. The number of pyridine rings is 2. The predicted molar refractivity (Wildman–Crippen MR) is 122 cm³/mol. The van der Waals surface area contributed by atoms with Gasteiger partial charge in [-0.05, 0) is 61.1 Å². The van der Waals surface area contributed by atoms with Crippen LogP contribution in [0, 0.1) is 0 Å². The Bertz CT molecular complexity index is 1440. The van der Waals surface area contributed by atoms with Crippen LogP contribution < -0.4 is 10.5 Å². The summed E-state index contributed by atoms with van der Waals surface area (Å²) < 4.78 is 22.0. The third-order valence-electron chi connectivity index (χ3n) is 5.83. The zero-order valence-electron chi connectivity index (χ0n) is 17.3. The summed E-state index contributed by atoms with van der Waals surface area (Å²) in [5.74, 6) is -0.774. The van der Waals surface area contributed by atoms with Crippen LogP contribution in [0.1, 0.15) is 34.5 Å². The normalized spacial score (nSPS) is 13.9. The summed E-state index contributed by atoms with van der Waals surface area (Å²) in [5.41, 5.74) is 6.40. The number of amides is 1. The maximum atomic E-state index is 12.3. The molecular formula is C22H22N6O3S. The molecule has 0 unspecified atom stereocenters. The monoisotopic (exact) mass is 450 g/mol. The summed E-state index contributed by atoms with van der Waals surface area (Å²) in [4.78, 5) is 21.5. The zero-order valence-corrected chi connectivity index (χ0v) is 18.1. The lowest BCUT2D eigenvalue weighted by Crippen LogP contribution is -2.31. The molecule has 0 aliphatic heterocycles. The van der Waals surface area contributed by atoms with Crippen LogP contribution in [-0.4, -0.2) is 46.8 Å². The molecule has 0 bridgehead atoms. The molecule has 4 N–H and O–H groups in total. The quantitative estimate of drug-likeness (QED) is 0.425. The van der Waals surface area contributed by atoms with E-state index >= 15 is 0 Å². The molecule has 5 rings (SSSR count). The standard InChI is InChI=1S/C22H22N6O3S/c23-32(30,31)10-9-24-22(29)19-6-5-13(11-25-19)21-15-4-2-1-3-14(15)20-16-12-26-28-17(16)7-8-18(20)27-21/h5-8,11-12H,1-4,9-10H2,(H,24,29)(H,26,28)(H2,23,30,31). The Hall–Kier alpha value is -3.37. The van der Waals surface area contributed by atoms with Crippen molar-refractivity contribution in [1.29, 1.82) is 0 Å². The number of primary sulfonamides is 1. The van der Waals surface area contributed by atoms with Gasteiger partial charge in [-0.1, -0.05) is 0 Å². The third kappa shape index (κ3) is 3.82. The van der Waals surface area contributed by atoms with Gasteiger partial charge in [0, 0.05) is 29.1 Å². The van der Waals surface area contributed by atoms with Gasteiger partial charge >= 0.3 is 0 Å². The number of fused-ring (bicyclic) bond motifs is 5. The number of nitrogens with zero attached hydrogens (tertiary/aromatic N) is 3. The number of sulfonamides is 1. The Morgan fingerprint density at radius 3 is 2.66 bits per heavy atom. The molecule has 0 saturated heterocycles. The van der Waals surface area contributed by atoms with Crippen LogP contribution in [-0.2, 0) is 22.9 Å². The van der Waals surface area contributed by atoms with Gasteiger partial charge in [0.1, 0.15) is 5.69 Å². The average Bonchev–Trinajstić information content (AvgIpc) is 3.26. The number of carbonyl (C=O) groups excluding carboxylic acids is 1. The molecule has 1 amide bonds. The van der Waals surface area contributed by atoms with Crippen LogP contribution >= 0.6 is 0 Å². The third-order valence-corrected chi connectivity index (χ3v) is 6.60. The van der Waals surface area contributed by atoms with Crippen molar-refractivity contribution in [2.45, 2.75) is 25.7 Å². The van der Waals surface area contributed by atoms with Crippen LogP contribution in [0.5, 0.6) is 0 Å². The number of aryl methyl sites for hydroxylation is 1. The lowest BCUT2D eigenvalue weighted by atomic mass is 9.86. The lowest BCUT2D eigenvalue weighted by molar-refractivity contribution is 0.0951. The molecule has 0 spiro atoms. The van der Waals surface area contributed by atoms with Crippen LogP contribution in [0.15, 0.2) is 36.7 Å². The topological polar surface area (TPSA) is 144 Å². The molecule has 3 aromatic heterocycles. The number of hydrogen-bond acceptors (Lipinski definition) is 6. The smallest absolute Gasteiger partial charge is 0.269 e. The minimum Gasteiger partial charge on any atom is -0.350 e. The SMILES string of the molecule is NS(=O)(=O)CCNC(=O)c1ccc(-c2nc3ccc4[nH]ncc4c3c3c2CCCC3)cn1. The highest BCUT2D eigenvalue weighted by atomic mass is 32.2. The summed E-state index contributed by atoms with van der Waals surface area (Å²) in [6.45, 7) is -0.0662. The van der Waals surface area contributed by atoms with Crippen LogP contribution in [0.4, 0.5) is 0 Å². The fourth-order valence-electron chi connectivity index (χ4n) is 4.35. The minimum atomic E-state index is -3.63. The maximum Gasteiger partial charge on any atom is 0.269 e. The summed E-state index contributed by atoms with van der Waals surface area (Å²) >= 11 is 0. The molecule has 164 valence electrons. The van der Waals surface area contributed by atoms with Gasteiger partial charge in [-0.25, -0.2) is 18.5 Å². The van der Waals surface area contributed by atoms with Crippen molar-refractivity contribution < 1.29 is 13.2 Å². The molecule has 32 heavy (non-hydrogen) atoms. The first-order chi connectivity index (χ1) is 15.4. The Morgan fingerprint density at radius 1 is 1.09 bits per heavy atom. The molecule has 0 radical (unpaired) electrons. The molecule has 0 atom stereocenters. The number of nitrogens with one attached hydrogen (secondary N) is 2. The first kappa shape index (κ1) is 20.5. The second-order valence-electron chi connectivity index (χ2n) is 7.97. The number of nitrogens with two attached hydrogens (primary N) is 1. The largest absolute Gasteiger partial charge is 0.350 e. The van der Waals surface area contributed by atoms with Crippen molar-refractivity contribution in [3.05, 3.63) is 53.5 Å². The van der Waals surface area contributed by atoms with Gasteiger partial charge in [-0.2, -0.15) is 5.10 Å². The van der Waals surface area contributed by atoms with Crippen molar-refractivity contribution in [1.82, 2.24) is 25.5 Å². The van der Waals surface area contributed by atoms with Crippen LogP contribution in [0.3, 0.4) is 0 Å². The second kappa shape index (κ2) is 7.95. The zero-order chi connectivity index (χ0) is 22.3. The maximum absolute atomic E-state index is 12.3. The molecular weight excluding hydrogens is 428 g/mol. The van der Waals surface area contributed by atoms with E-state index in [-0.39, 0.29) is 18.0 Å². The van der Waals surface area contributed by atoms with E-state index in [4.69, 9.17) is 10.1 Å². The Morgan fingerprint density at radius 2 is 1.91 bits per heavy atom. The molecule has 3 heterocycles. The Kier molecular flexibility index (Phi) is 5.10. The fraction of sp³-hybridized carbons (Fsp3) is 0.273. The van der Waals surface area contributed by atoms with Crippen molar-refractivity contribution in [2.24, 2.45) is 5.14 Å². The van der Waals surface area contributed by atoms with Gasteiger partial charge in [0.25, 0.3) is 5.91 Å².